The fourth-order valence-electron chi connectivity index (χ4n) is 1.19. The van der Waals surface area contributed by atoms with Crippen molar-refractivity contribution in [3.8, 4) is 0 Å². The van der Waals surface area contributed by atoms with E-state index in [1.807, 2.05) is 6.92 Å². The molecule has 1 N–H and O–H groups in total. The summed E-state index contributed by atoms with van der Waals surface area (Å²) in [6.07, 6.45) is 4.21. The van der Waals surface area contributed by atoms with Gasteiger partial charge >= 0.3 is 0 Å². The largest absolute Gasteiger partial charge is 0.338 e. The van der Waals surface area contributed by atoms with E-state index in [4.69, 9.17) is 0 Å². The van der Waals surface area contributed by atoms with E-state index in [9.17, 15) is 4.79 Å². The van der Waals surface area contributed by atoms with Crippen LogP contribution in [0, 0.1) is 0 Å². The molecular weight excluding hydrogens is 164 g/mol. The van der Waals surface area contributed by atoms with Gasteiger partial charge in [-0.3, -0.25) is 4.79 Å². The van der Waals surface area contributed by atoms with E-state index in [1.165, 1.54) is 12.8 Å². The Morgan fingerprint density at radius 1 is 1.69 bits per heavy atom. The maximum Gasteiger partial charge on any atom is 0.236 e. The molecule has 0 aromatic heterocycles. The fraction of sp³-hybridized carbons (Fsp3) is 0.700. The highest BCUT2D eigenvalue weighted by molar-refractivity contribution is 5.78. The Labute approximate surface area is 79.8 Å². The lowest BCUT2D eigenvalue weighted by molar-refractivity contribution is -0.129. The third kappa shape index (κ3) is 3.59. The number of carbonyl (C=O) groups is 1. The molecule has 0 saturated heterocycles. The molecule has 1 aliphatic rings. The minimum Gasteiger partial charge on any atom is -0.338 e. The molecule has 3 heteroatoms. The third-order valence-corrected chi connectivity index (χ3v) is 2.20. The molecule has 0 atom stereocenters. The molecule has 1 rings (SSSR count). The first-order valence-electron chi connectivity index (χ1n) is 4.90. The molecule has 1 fully saturated rings. The molecule has 1 saturated carbocycles. The van der Waals surface area contributed by atoms with Gasteiger partial charge in [-0.1, -0.05) is 6.08 Å². The molecule has 0 heterocycles. The van der Waals surface area contributed by atoms with E-state index >= 15 is 0 Å². The van der Waals surface area contributed by atoms with E-state index in [0.29, 0.717) is 19.1 Å². The molecule has 1 amide bonds. The summed E-state index contributed by atoms with van der Waals surface area (Å²) in [4.78, 5) is 13.3. The maximum atomic E-state index is 11.5. The average molecular weight is 182 g/mol. The monoisotopic (exact) mass is 182 g/mol. The first-order valence-corrected chi connectivity index (χ1v) is 4.90. The zero-order valence-corrected chi connectivity index (χ0v) is 8.25. The van der Waals surface area contributed by atoms with Crippen molar-refractivity contribution in [2.45, 2.75) is 25.8 Å². The van der Waals surface area contributed by atoms with E-state index < -0.39 is 0 Å². The molecule has 0 unspecified atom stereocenters. The quantitative estimate of drug-likeness (QED) is 0.615. The Morgan fingerprint density at radius 3 is 2.85 bits per heavy atom. The number of amides is 1. The normalized spacial score (nSPS) is 15.5. The van der Waals surface area contributed by atoms with Gasteiger partial charge < -0.3 is 10.2 Å². The molecule has 0 spiro atoms. The van der Waals surface area contributed by atoms with Crippen molar-refractivity contribution in [1.29, 1.82) is 0 Å². The average Bonchev–Trinajstić information content (AvgIpc) is 2.93. The van der Waals surface area contributed by atoms with E-state index in [2.05, 4.69) is 11.9 Å². The molecule has 0 aromatic carbocycles. The van der Waals surface area contributed by atoms with Crippen LogP contribution >= 0.6 is 0 Å². The molecule has 13 heavy (non-hydrogen) atoms. The Morgan fingerprint density at radius 2 is 2.38 bits per heavy atom. The van der Waals surface area contributed by atoms with Crippen LogP contribution in [0.1, 0.15) is 19.8 Å². The molecule has 1 aliphatic carbocycles. The summed E-state index contributed by atoms with van der Waals surface area (Å²) in [6, 6.07) is 0.603. The molecule has 3 nitrogen and oxygen atoms in total. The Kier molecular flexibility index (Phi) is 3.96. The van der Waals surface area contributed by atoms with Crippen molar-refractivity contribution in [2.75, 3.05) is 19.6 Å². The van der Waals surface area contributed by atoms with Crippen LogP contribution in [0.4, 0.5) is 0 Å². The van der Waals surface area contributed by atoms with Gasteiger partial charge in [-0.2, -0.15) is 0 Å². The summed E-state index contributed by atoms with van der Waals surface area (Å²) in [5, 5.41) is 3.20. The molecule has 0 radical (unpaired) electrons. The van der Waals surface area contributed by atoms with Gasteiger partial charge in [0, 0.05) is 19.1 Å². The number of carbonyl (C=O) groups excluding carboxylic acids is 1. The van der Waals surface area contributed by atoms with E-state index in [-0.39, 0.29) is 5.91 Å². The Balaban J connectivity index is 2.20. The lowest BCUT2D eigenvalue weighted by Gasteiger charge is -2.18. The highest BCUT2D eigenvalue weighted by Crippen LogP contribution is 2.18. The van der Waals surface area contributed by atoms with Crippen LogP contribution in [-0.2, 0) is 4.79 Å². The number of nitrogens with one attached hydrogen (secondary N) is 1. The van der Waals surface area contributed by atoms with Crippen molar-refractivity contribution in [1.82, 2.24) is 10.2 Å². The minimum atomic E-state index is 0.175. The topological polar surface area (TPSA) is 32.3 Å². The van der Waals surface area contributed by atoms with E-state index in [0.717, 1.165) is 6.54 Å². The molecular formula is C10H18N2O. The zero-order valence-electron chi connectivity index (χ0n) is 8.25. The van der Waals surface area contributed by atoms with Gasteiger partial charge in [0.05, 0.1) is 6.54 Å². The molecule has 0 aliphatic heterocycles. The first-order chi connectivity index (χ1) is 6.27. The SMILES string of the molecule is C=CCN(CC)C(=O)CNC1CC1. The number of hydrogen-bond donors (Lipinski definition) is 1. The van der Waals surface area contributed by atoms with Gasteiger partial charge in [-0.15, -0.1) is 6.58 Å². The second kappa shape index (κ2) is 5.02. The second-order valence-corrected chi connectivity index (χ2v) is 3.38. The van der Waals surface area contributed by atoms with Gasteiger partial charge in [0.2, 0.25) is 5.91 Å². The highest BCUT2D eigenvalue weighted by Gasteiger charge is 2.22. The van der Waals surface area contributed by atoms with E-state index in [1.54, 1.807) is 11.0 Å². The van der Waals surface area contributed by atoms with Crippen LogP contribution in [-0.4, -0.2) is 36.5 Å². The predicted molar refractivity (Wildman–Crippen MR) is 53.5 cm³/mol. The predicted octanol–water partition coefficient (Wildman–Crippen LogP) is 0.773. The van der Waals surface area contributed by atoms with Crippen LogP contribution in [0.15, 0.2) is 12.7 Å². The standard InChI is InChI=1S/C10H18N2O/c1-3-7-12(4-2)10(13)8-11-9-5-6-9/h3,9,11H,1,4-8H2,2H3. The fourth-order valence-corrected chi connectivity index (χ4v) is 1.19. The van der Waals surface area contributed by atoms with Gasteiger partial charge in [-0.05, 0) is 19.8 Å². The van der Waals surface area contributed by atoms with Crippen LogP contribution in [0.25, 0.3) is 0 Å². The van der Waals surface area contributed by atoms with Gasteiger partial charge in [-0.25, -0.2) is 0 Å². The summed E-state index contributed by atoms with van der Waals surface area (Å²) in [7, 11) is 0. The van der Waals surface area contributed by atoms with Crippen molar-refractivity contribution in [3.05, 3.63) is 12.7 Å². The summed E-state index contributed by atoms with van der Waals surface area (Å²) < 4.78 is 0. The molecule has 0 aromatic rings. The van der Waals surface area contributed by atoms with Crippen LogP contribution in [0.3, 0.4) is 0 Å². The lowest BCUT2D eigenvalue weighted by atomic mass is 10.4. The summed E-state index contributed by atoms with van der Waals surface area (Å²) in [5.74, 6) is 0.175. The third-order valence-electron chi connectivity index (χ3n) is 2.20. The molecule has 74 valence electrons. The smallest absolute Gasteiger partial charge is 0.236 e. The maximum absolute atomic E-state index is 11.5. The number of likely N-dealkylation sites (N-methyl/N-ethyl adjacent to an activating group) is 1. The first kappa shape index (κ1) is 10.3. The number of nitrogens with zero attached hydrogens (tertiary/aromatic N) is 1. The zero-order chi connectivity index (χ0) is 9.68. The van der Waals surface area contributed by atoms with Crippen LogP contribution in [0.5, 0.6) is 0 Å². The number of rotatable bonds is 6. The van der Waals surface area contributed by atoms with Crippen molar-refractivity contribution < 1.29 is 4.79 Å². The van der Waals surface area contributed by atoms with Crippen molar-refractivity contribution >= 4 is 5.91 Å². The van der Waals surface area contributed by atoms with Gasteiger partial charge in [0.15, 0.2) is 0 Å². The van der Waals surface area contributed by atoms with Crippen molar-refractivity contribution in [2.24, 2.45) is 0 Å². The Hall–Kier alpha value is -0.830. The van der Waals surface area contributed by atoms with Gasteiger partial charge in [0.1, 0.15) is 0 Å². The lowest BCUT2D eigenvalue weighted by Crippen LogP contribution is -2.38. The summed E-state index contributed by atoms with van der Waals surface area (Å²) in [6.45, 7) is 7.50. The number of hydrogen-bond acceptors (Lipinski definition) is 2. The Bertz CT molecular complexity index is 187. The highest BCUT2D eigenvalue weighted by atomic mass is 16.2. The minimum absolute atomic E-state index is 0.175. The van der Waals surface area contributed by atoms with Crippen LogP contribution < -0.4 is 5.32 Å². The summed E-state index contributed by atoms with van der Waals surface area (Å²) in [5.41, 5.74) is 0. The van der Waals surface area contributed by atoms with Gasteiger partial charge in [0.25, 0.3) is 0 Å². The molecule has 0 bridgehead atoms. The van der Waals surface area contributed by atoms with Crippen LogP contribution in [0.2, 0.25) is 0 Å². The summed E-state index contributed by atoms with van der Waals surface area (Å²) >= 11 is 0. The van der Waals surface area contributed by atoms with Crippen molar-refractivity contribution in [3.63, 3.8) is 0 Å². The second-order valence-electron chi connectivity index (χ2n) is 3.38.